The van der Waals surface area contributed by atoms with Crippen molar-refractivity contribution >= 4 is 11.7 Å². The van der Waals surface area contributed by atoms with Crippen molar-refractivity contribution in [3.8, 4) is 0 Å². The van der Waals surface area contributed by atoms with E-state index in [1.165, 1.54) is 5.56 Å². The normalized spacial score (nSPS) is 14.0. The van der Waals surface area contributed by atoms with Crippen LogP contribution >= 0.6 is 0 Å². The molecule has 0 amide bonds. The van der Waals surface area contributed by atoms with E-state index in [1.54, 1.807) is 6.92 Å². The van der Waals surface area contributed by atoms with Gasteiger partial charge in [0.25, 0.3) is 0 Å². The molecular formula is C15H23NO2. The van der Waals surface area contributed by atoms with Gasteiger partial charge < -0.3 is 10.4 Å². The molecule has 0 bridgehead atoms. The molecule has 3 nitrogen and oxygen atoms in total. The van der Waals surface area contributed by atoms with Gasteiger partial charge in [0.2, 0.25) is 0 Å². The summed E-state index contributed by atoms with van der Waals surface area (Å²) in [6, 6.07) is 6.07. The highest BCUT2D eigenvalue weighted by atomic mass is 16.4. The Hall–Kier alpha value is -1.51. The topological polar surface area (TPSA) is 49.3 Å². The van der Waals surface area contributed by atoms with Gasteiger partial charge in [0.05, 0.1) is 0 Å². The predicted molar refractivity (Wildman–Crippen MR) is 75.1 cm³/mol. The first kappa shape index (κ1) is 14.6. The van der Waals surface area contributed by atoms with Crippen LogP contribution in [0.25, 0.3) is 0 Å². The lowest BCUT2D eigenvalue weighted by Crippen LogP contribution is -2.43. The zero-order valence-electron chi connectivity index (χ0n) is 11.7. The molecule has 1 aromatic carbocycles. The molecule has 2 N–H and O–H groups in total. The molecule has 0 aliphatic heterocycles. The molecule has 0 spiro atoms. The Labute approximate surface area is 109 Å². The van der Waals surface area contributed by atoms with Crippen molar-refractivity contribution in [1.82, 2.24) is 0 Å². The Morgan fingerprint density at radius 2 is 2.06 bits per heavy atom. The third kappa shape index (κ3) is 3.03. The third-order valence-corrected chi connectivity index (χ3v) is 3.36. The molecule has 0 aromatic heterocycles. The van der Waals surface area contributed by atoms with E-state index in [-0.39, 0.29) is 0 Å². The first-order chi connectivity index (χ1) is 8.44. The minimum atomic E-state index is -0.898. The minimum absolute atomic E-state index is 0.611. The van der Waals surface area contributed by atoms with Crippen LogP contribution in [0.4, 0.5) is 5.69 Å². The van der Waals surface area contributed by atoms with Gasteiger partial charge in [-0.1, -0.05) is 38.5 Å². The largest absolute Gasteiger partial charge is 0.480 e. The van der Waals surface area contributed by atoms with E-state index < -0.39 is 11.5 Å². The second-order valence-corrected chi connectivity index (χ2v) is 4.97. The lowest BCUT2D eigenvalue weighted by Gasteiger charge is -2.29. The van der Waals surface area contributed by atoms with Gasteiger partial charge in [-0.25, -0.2) is 4.79 Å². The summed E-state index contributed by atoms with van der Waals surface area (Å²) >= 11 is 0. The van der Waals surface area contributed by atoms with Crippen molar-refractivity contribution < 1.29 is 9.90 Å². The van der Waals surface area contributed by atoms with Gasteiger partial charge in [-0.15, -0.1) is 0 Å². The summed E-state index contributed by atoms with van der Waals surface area (Å²) in [6.45, 7) is 7.85. The molecule has 0 aliphatic carbocycles. The molecular weight excluding hydrogens is 226 g/mol. The molecule has 1 atom stereocenters. The first-order valence-corrected chi connectivity index (χ1v) is 6.54. The fraction of sp³-hybridized carbons (Fsp3) is 0.533. The van der Waals surface area contributed by atoms with Gasteiger partial charge in [0.15, 0.2) is 0 Å². The van der Waals surface area contributed by atoms with Crippen LogP contribution in [-0.2, 0) is 11.2 Å². The van der Waals surface area contributed by atoms with Crippen molar-refractivity contribution in [3.63, 3.8) is 0 Å². The molecule has 0 aliphatic rings. The number of hydrogen-bond acceptors (Lipinski definition) is 2. The van der Waals surface area contributed by atoms with Crippen LogP contribution in [0.2, 0.25) is 0 Å². The van der Waals surface area contributed by atoms with Crippen LogP contribution < -0.4 is 5.32 Å². The van der Waals surface area contributed by atoms with E-state index in [0.29, 0.717) is 6.42 Å². The molecule has 0 saturated heterocycles. The highest BCUT2D eigenvalue weighted by Gasteiger charge is 2.32. The molecule has 0 radical (unpaired) electrons. The van der Waals surface area contributed by atoms with Crippen LogP contribution in [0, 0.1) is 6.92 Å². The standard InChI is InChI=1S/C15H23NO2/c1-5-10-15(4,14(17)18)16-13-11(3)8-7-9-12(13)6-2/h7-9,16H,5-6,10H2,1-4H3,(H,17,18). The SMILES string of the molecule is CCCC(C)(Nc1c(C)cccc1CC)C(=O)O. The number of carboxylic acids is 1. The smallest absolute Gasteiger partial charge is 0.329 e. The maximum Gasteiger partial charge on any atom is 0.329 e. The van der Waals surface area contributed by atoms with Gasteiger partial charge in [-0.2, -0.15) is 0 Å². The molecule has 100 valence electrons. The number of aliphatic carboxylic acids is 1. The quantitative estimate of drug-likeness (QED) is 0.809. The molecule has 1 unspecified atom stereocenters. The van der Waals surface area contributed by atoms with Gasteiger partial charge >= 0.3 is 5.97 Å². The van der Waals surface area contributed by atoms with Crippen molar-refractivity contribution in [2.45, 2.75) is 52.5 Å². The highest BCUT2D eigenvalue weighted by Crippen LogP contribution is 2.27. The van der Waals surface area contributed by atoms with Crippen molar-refractivity contribution in [1.29, 1.82) is 0 Å². The summed E-state index contributed by atoms with van der Waals surface area (Å²) in [7, 11) is 0. The van der Waals surface area contributed by atoms with Gasteiger partial charge in [0.1, 0.15) is 5.54 Å². The highest BCUT2D eigenvalue weighted by molar-refractivity contribution is 5.83. The van der Waals surface area contributed by atoms with E-state index >= 15 is 0 Å². The number of hydrogen-bond donors (Lipinski definition) is 2. The summed E-state index contributed by atoms with van der Waals surface area (Å²) in [6.07, 6.45) is 2.34. The number of benzene rings is 1. The van der Waals surface area contributed by atoms with Gasteiger partial charge in [-0.05, 0) is 37.8 Å². The summed E-state index contributed by atoms with van der Waals surface area (Å²) in [5.74, 6) is -0.797. The number of aryl methyl sites for hydroxylation is 2. The van der Waals surface area contributed by atoms with E-state index in [4.69, 9.17) is 0 Å². The number of rotatable bonds is 6. The summed E-state index contributed by atoms with van der Waals surface area (Å²) in [4.78, 5) is 11.5. The molecule has 1 rings (SSSR count). The fourth-order valence-electron chi connectivity index (χ4n) is 2.20. The molecule has 0 heterocycles. The minimum Gasteiger partial charge on any atom is -0.480 e. The van der Waals surface area contributed by atoms with Crippen LogP contribution in [-0.4, -0.2) is 16.6 Å². The fourth-order valence-corrected chi connectivity index (χ4v) is 2.20. The number of para-hydroxylation sites is 1. The number of nitrogens with one attached hydrogen (secondary N) is 1. The summed E-state index contributed by atoms with van der Waals surface area (Å²) in [5, 5.41) is 12.7. The predicted octanol–water partition coefficient (Wildman–Crippen LogP) is 3.61. The monoisotopic (exact) mass is 249 g/mol. The Morgan fingerprint density at radius 3 is 2.56 bits per heavy atom. The number of anilines is 1. The van der Waals surface area contributed by atoms with Crippen LogP contribution in [0.5, 0.6) is 0 Å². The number of carbonyl (C=O) groups is 1. The summed E-state index contributed by atoms with van der Waals surface area (Å²) in [5.41, 5.74) is 2.33. The lowest BCUT2D eigenvalue weighted by molar-refractivity contribution is -0.141. The third-order valence-electron chi connectivity index (χ3n) is 3.36. The summed E-state index contributed by atoms with van der Waals surface area (Å²) < 4.78 is 0. The second-order valence-electron chi connectivity index (χ2n) is 4.97. The van der Waals surface area contributed by atoms with Crippen LogP contribution in [0.1, 0.15) is 44.7 Å². The average molecular weight is 249 g/mol. The van der Waals surface area contributed by atoms with Crippen molar-refractivity contribution in [2.75, 3.05) is 5.32 Å². The zero-order chi connectivity index (χ0) is 13.8. The average Bonchev–Trinajstić information content (AvgIpc) is 2.32. The van der Waals surface area contributed by atoms with Gasteiger partial charge in [0, 0.05) is 5.69 Å². The van der Waals surface area contributed by atoms with Crippen molar-refractivity contribution in [2.24, 2.45) is 0 Å². The lowest BCUT2D eigenvalue weighted by atomic mass is 9.94. The van der Waals surface area contributed by atoms with E-state index in [1.807, 2.05) is 32.0 Å². The number of carboxylic acid groups (broad SMARTS) is 1. The van der Waals surface area contributed by atoms with Crippen molar-refractivity contribution in [3.05, 3.63) is 29.3 Å². The molecule has 18 heavy (non-hydrogen) atoms. The molecule has 0 saturated carbocycles. The Kier molecular flexibility index (Phi) is 4.76. The van der Waals surface area contributed by atoms with E-state index in [0.717, 1.165) is 24.1 Å². The van der Waals surface area contributed by atoms with Crippen LogP contribution in [0.15, 0.2) is 18.2 Å². The van der Waals surface area contributed by atoms with Gasteiger partial charge in [-0.3, -0.25) is 0 Å². The van der Waals surface area contributed by atoms with E-state index in [2.05, 4.69) is 12.2 Å². The molecule has 3 heteroatoms. The molecule has 1 aromatic rings. The Balaban J connectivity index is 3.11. The Bertz CT molecular complexity index is 429. The maximum atomic E-state index is 11.5. The molecule has 0 fully saturated rings. The zero-order valence-corrected chi connectivity index (χ0v) is 11.7. The first-order valence-electron chi connectivity index (χ1n) is 6.54. The second kappa shape index (κ2) is 5.89. The van der Waals surface area contributed by atoms with E-state index in [9.17, 15) is 9.90 Å². The maximum absolute atomic E-state index is 11.5. The Morgan fingerprint density at radius 1 is 1.39 bits per heavy atom. The van der Waals surface area contributed by atoms with Crippen LogP contribution in [0.3, 0.4) is 0 Å².